The minimum atomic E-state index is 0.218. The summed E-state index contributed by atoms with van der Waals surface area (Å²) in [6.07, 6.45) is 3.97. The van der Waals surface area contributed by atoms with Crippen molar-refractivity contribution in [3.63, 3.8) is 0 Å². The number of aryl methyl sites for hydroxylation is 1. The normalized spacial score (nSPS) is 19.8. The first kappa shape index (κ1) is 13.0. The summed E-state index contributed by atoms with van der Waals surface area (Å²) in [7, 11) is 0. The fourth-order valence-electron chi connectivity index (χ4n) is 2.25. The van der Waals surface area contributed by atoms with E-state index < -0.39 is 0 Å². The fourth-order valence-corrected chi connectivity index (χ4v) is 2.25. The number of carbonyl (C=O) groups is 1. The van der Waals surface area contributed by atoms with E-state index >= 15 is 0 Å². The van der Waals surface area contributed by atoms with Crippen LogP contribution in [0.3, 0.4) is 0 Å². The molecule has 98 valence electrons. The van der Waals surface area contributed by atoms with Gasteiger partial charge in [0, 0.05) is 24.9 Å². The fraction of sp³-hybridized carbons (Fsp3) is 0.571. The van der Waals surface area contributed by atoms with Crippen molar-refractivity contribution in [2.45, 2.75) is 32.2 Å². The lowest BCUT2D eigenvalue weighted by atomic mass is 10.1. The van der Waals surface area contributed by atoms with Crippen LogP contribution in [0.2, 0.25) is 0 Å². The molecule has 1 aliphatic rings. The predicted octanol–water partition coefficient (Wildman–Crippen LogP) is 1.65. The highest BCUT2D eigenvalue weighted by Crippen LogP contribution is 2.12. The quantitative estimate of drug-likeness (QED) is 0.813. The van der Waals surface area contributed by atoms with Gasteiger partial charge in [0.05, 0.1) is 19.3 Å². The van der Waals surface area contributed by atoms with Gasteiger partial charge in [0.2, 0.25) is 5.91 Å². The second kappa shape index (κ2) is 6.50. The van der Waals surface area contributed by atoms with Crippen LogP contribution >= 0.6 is 0 Å². The Bertz CT molecular complexity index is 381. The molecule has 4 heteroatoms. The molecule has 1 aromatic heterocycles. The molecule has 0 bridgehead atoms. The molecule has 2 rings (SSSR count). The van der Waals surface area contributed by atoms with Crippen molar-refractivity contribution in [3.05, 3.63) is 30.1 Å². The second-order valence-electron chi connectivity index (χ2n) is 4.55. The molecule has 0 saturated carbocycles. The Balaban J connectivity index is 1.87. The zero-order valence-corrected chi connectivity index (χ0v) is 10.8. The number of nitrogens with zero attached hydrogens (tertiary/aromatic N) is 2. The van der Waals surface area contributed by atoms with Crippen molar-refractivity contribution in [2.75, 3.05) is 19.8 Å². The van der Waals surface area contributed by atoms with Crippen LogP contribution < -0.4 is 0 Å². The number of carbonyl (C=O) groups excluding carboxylic acids is 1. The zero-order valence-electron chi connectivity index (χ0n) is 10.8. The van der Waals surface area contributed by atoms with Crippen LogP contribution in [0, 0.1) is 0 Å². The third kappa shape index (κ3) is 3.29. The summed E-state index contributed by atoms with van der Waals surface area (Å²) in [6, 6.07) is 6.05. The largest absolute Gasteiger partial charge is 0.377 e. The molecule has 1 aromatic rings. The minimum absolute atomic E-state index is 0.218. The molecule has 2 heterocycles. The van der Waals surface area contributed by atoms with Crippen LogP contribution in [-0.2, 0) is 16.0 Å². The molecule has 0 aliphatic carbocycles. The van der Waals surface area contributed by atoms with E-state index in [0.717, 1.165) is 18.7 Å². The first-order valence-electron chi connectivity index (χ1n) is 6.58. The highest BCUT2D eigenvalue weighted by atomic mass is 16.5. The molecule has 0 spiro atoms. The molecule has 18 heavy (non-hydrogen) atoms. The molecule has 1 atom stereocenters. The highest BCUT2D eigenvalue weighted by molar-refractivity contribution is 5.76. The average Bonchev–Trinajstić information content (AvgIpc) is 2.45. The van der Waals surface area contributed by atoms with Gasteiger partial charge in [-0.05, 0) is 25.0 Å². The zero-order chi connectivity index (χ0) is 12.8. The number of hydrogen-bond donors (Lipinski definition) is 0. The van der Waals surface area contributed by atoms with Gasteiger partial charge >= 0.3 is 0 Å². The van der Waals surface area contributed by atoms with E-state index in [1.807, 2.05) is 23.1 Å². The number of amides is 1. The monoisotopic (exact) mass is 248 g/mol. The van der Waals surface area contributed by atoms with Crippen molar-refractivity contribution >= 4 is 5.91 Å². The van der Waals surface area contributed by atoms with E-state index in [-0.39, 0.29) is 11.9 Å². The van der Waals surface area contributed by atoms with E-state index in [0.29, 0.717) is 26.1 Å². The van der Waals surface area contributed by atoms with Crippen LogP contribution in [0.15, 0.2) is 24.4 Å². The van der Waals surface area contributed by atoms with Crippen molar-refractivity contribution in [1.29, 1.82) is 0 Å². The molecule has 1 saturated heterocycles. The molecule has 1 amide bonds. The van der Waals surface area contributed by atoms with Gasteiger partial charge in [-0.3, -0.25) is 9.78 Å². The van der Waals surface area contributed by atoms with Gasteiger partial charge in [-0.1, -0.05) is 13.0 Å². The molecule has 0 N–H and O–H groups in total. The van der Waals surface area contributed by atoms with Crippen molar-refractivity contribution in [2.24, 2.45) is 0 Å². The van der Waals surface area contributed by atoms with Crippen molar-refractivity contribution < 1.29 is 9.53 Å². The van der Waals surface area contributed by atoms with E-state index in [9.17, 15) is 4.79 Å². The number of hydrogen-bond acceptors (Lipinski definition) is 3. The molecule has 1 aliphatic heterocycles. The number of morpholine rings is 1. The second-order valence-corrected chi connectivity index (χ2v) is 4.55. The van der Waals surface area contributed by atoms with Gasteiger partial charge in [0.1, 0.15) is 0 Å². The van der Waals surface area contributed by atoms with Crippen LogP contribution in [0.25, 0.3) is 0 Å². The molecule has 0 unspecified atom stereocenters. The summed E-state index contributed by atoms with van der Waals surface area (Å²) >= 11 is 0. The van der Waals surface area contributed by atoms with Crippen molar-refractivity contribution in [1.82, 2.24) is 9.88 Å². The van der Waals surface area contributed by atoms with Gasteiger partial charge in [-0.25, -0.2) is 0 Å². The van der Waals surface area contributed by atoms with Crippen LogP contribution in [0.1, 0.15) is 25.5 Å². The Morgan fingerprint density at radius 2 is 2.44 bits per heavy atom. The summed E-state index contributed by atoms with van der Waals surface area (Å²) in [5, 5.41) is 0. The Labute approximate surface area is 108 Å². The van der Waals surface area contributed by atoms with Crippen LogP contribution in [-0.4, -0.2) is 41.6 Å². The Hall–Kier alpha value is -1.42. The number of pyridine rings is 1. The maximum absolute atomic E-state index is 12.2. The number of rotatable bonds is 4. The Morgan fingerprint density at radius 1 is 1.56 bits per heavy atom. The van der Waals surface area contributed by atoms with Crippen LogP contribution in [0.5, 0.6) is 0 Å². The number of aromatic nitrogens is 1. The van der Waals surface area contributed by atoms with Gasteiger partial charge in [0.25, 0.3) is 0 Å². The van der Waals surface area contributed by atoms with Gasteiger partial charge in [0.15, 0.2) is 0 Å². The summed E-state index contributed by atoms with van der Waals surface area (Å²) in [6.45, 7) is 4.15. The van der Waals surface area contributed by atoms with E-state index in [4.69, 9.17) is 4.74 Å². The standard InChI is InChI=1S/C14H20N2O2/c1-2-13-11-18-10-9-16(13)14(17)7-6-12-5-3-4-8-15-12/h3-5,8,13H,2,6-7,9-11H2,1H3/t13-/m0/s1. The lowest BCUT2D eigenvalue weighted by molar-refractivity contribution is -0.139. The highest BCUT2D eigenvalue weighted by Gasteiger charge is 2.25. The first-order chi connectivity index (χ1) is 8.81. The molecule has 0 radical (unpaired) electrons. The Kier molecular flexibility index (Phi) is 4.70. The SMILES string of the molecule is CC[C@H]1COCCN1C(=O)CCc1ccccn1. The summed E-state index contributed by atoms with van der Waals surface area (Å²) < 4.78 is 5.41. The minimum Gasteiger partial charge on any atom is -0.377 e. The third-order valence-electron chi connectivity index (χ3n) is 3.34. The van der Waals surface area contributed by atoms with E-state index in [1.165, 1.54) is 0 Å². The van der Waals surface area contributed by atoms with Crippen molar-refractivity contribution in [3.8, 4) is 0 Å². The molecule has 0 aromatic carbocycles. The maximum atomic E-state index is 12.2. The number of ether oxygens (including phenoxy) is 1. The molecular weight excluding hydrogens is 228 g/mol. The molecular formula is C14H20N2O2. The van der Waals surface area contributed by atoms with Crippen LogP contribution in [0.4, 0.5) is 0 Å². The average molecular weight is 248 g/mol. The summed E-state index contributed by atoms with van der Waals surface area (Å²) in [5.41, 5.74) is 0.979. The maximum Gasteiger partial charge on any atom is 0.223 e. The summed E-state index contributed by atoms with van der Waals surface area (Å²) in [5.74, 6) is 0.218. The summed E-state index contributed by atoms with van der Waals surface area (Å²) in [4.78, 5) is 18.4. The van der Waals surface area contributed by atoms with E-state index in [1.54, 1.807) is 6.20 Å². The smallest absolute Gasteiger partial charge is 0.223 e. The first-order valence-corrected chi connectivity index (χ1v) is 6.58. The van der Waals surface area contributed by atoms with E-state index in [2.05, 4.69) is 11.9 Å². The van der Waals surface area contributed by atoms with Gasteiger partial charge in [-0.15, -0.1) is 0 Å². The van der Waals surface area contributed by atoms with Gasteiger partial charge < -0.3 is 9.64 Å². The Morgan fingerprint density at radius 3 is 3.17 bits per heavy atom. The lowest BCUT2D eigenvalue weighted by Crippen LogP contribution is -2.48. The third-order valence-corrected chi connectivity index (χ3v) is 3.34. The lowest BCUT2D eigenvalue weighted by Gasteiger charge is -2.35. The topological polar surface area (TPSA) is 42.4 Å². The predicted molar refractivity (Wildman–Crippen MR) is 69.2 cm³/mol. The molecule has 1 fully saturated rings. The van der Waals surface area contributed by atoms with Gasteiger partial charge in [-0.2, -0.15) is 0 Å². The molecule has 4 nitrogen and oxygen atoms in total.